The number of hydrogen-bond acceptors (Lipinski definition) is 4. The number of rotatable bonds is 4. The number of amides is 1. The quantitative estimate of drug-likeness (QED) is 0.742. The first-order chi connectivity index (χ1) is 7.07. The number of hydrogen-bond donors (Lipinski definition) is 1. The van der Waals surface area contributed by atoms with Crippen LogP contribution in [0, 0.1) is 0 Å². The van der Waals surface area contributed by atoms with Gasteiger partial charge in [0.2, 0.25) is 5.91 Å². The summed E-state index contributed by atoms with van der Waals surface area (Å²) in [5.74, 6) is -0.0953. The maximum Gasteiger partial charge on any atom is 0.247 e. The Hall–Kier alpha value is -1.43. The zero-order chi connectivity index (χ0) is 11.4. The maximum absolute atomic E-state index is 11.9. The van der Waals surface area contributed by atoms with Crippen LogP contribution in [0.5, 0.6) is 0 Å². The zero-order valence-corrected chi connectivity index (χ0v) is 9.16. The van der Waals surface area contributed by atoms with Crippen LogP contribution in [-0.4, -0.2) is 50.4 Å². The first kappa shape index (κ1) is 11.6. The van der Waals surface area contributed by atoms with Crippen molar-refractivity contribution in [3.8, 4) is 0 Å². The third-order valence-corrected chi connectivity index (χ3v) is 2.46. The molecule has 1 aromatic rings. The molecular formula is C9H16N4O2. The van der Waals surface area contributed by atoms with Gasteiger partial charge in [-0.05, 0) is 13.8 Å². The predicted octanol–water partition coefficient (Wildman–Crippen LogP) is -0.322. The van der Waals surface area contributed by atoms with E-state index in [1.807, 2.05) is 0 Å². The SMILES string of the molecule is CC(CO)N(C)C(=O)C(C)n1cncn1. The first-order valence-electron chi connectivity index (χ1n) is 4.79. The van der Waals surface area contributed by atoms with E-state index in [2.05, 4.69) is 10.1 Å². The minimum Gasteiger partial charge on any atom is -0.394 e. The number of aliphatic hydroxyl groups excluding tert-OH is 1. The molecule has 0 spiro atoms. The fourth-order valence-corrected chi connectivity index (χ4v) is 1.16. The first-order valence-corrected chi connectivity index (χ1v) is 4.79. The lowest BCUT2D eigenvalue weighted by atomic mass is 10.2. The maximum atomic E-state index is 11.9. The van der Waals surface area contributed by atoms with Gasteiger partial charge in [-0.3, -0.25) is 4.79 Å². The monoisotopic (exact) mass is 212 g/mol. The van der Waals surface area contributed by atoms with Gasteiger partial charge >= 0.3 is 0 Å². The molecule has 84 valence electrons. The fraction of sp³-hybridized carbons (Fsp3) is 0.667. The molecule has 0 bridgehead atoms. The smallest absolute Gasteiger partial charge is 0.247 e. The van der Waals surface area contributed by atoms with Crippen LogP contribution in [0.4, 0.5) is 0 Å². The van der Waals surface area contributed by atoms with Gasteiger partial charge in [-0.2, -0.15) is 5.10 Å². The van der Waals surface area contributed by atoms with Crippen LogP contribution in [0.1, 0.15) is 19.9 Å². The van der Waals surface area contributed by atoms with E-state index in [4.69, 9.17) is 5.11 Å². The molecule has 0 aliphatic heterocycles. The highest BCUT2D eigenvalue weighted by Crippen LogP contribution is 2.08. The van der Waals surface area contributed by atoms with Crippen LogP contribution in [0.3, 0.4) is 0 Å². The summed E-state index contributed by atoms with van der Waals surface area (Å²) in [6.07, 6.45) is 2.89. The molecule has 0 aliphatic rings. The summed E-state index contributed by atoms with van der Waals surface area (Å²) in [5.41, 5.74) is 0. The van der Waals surface area contributed by atoms with E-state index >= 15 is 0 Å². The van der Waals surface area contributed by atoms with Crippen molar-refractivity contribution >= 4 is 5.91 Å². The van der Waals surface area contributed by atoms with E-state index in [1.165, 1.54) is 22.2 Å². The molecule has 1 N–H and O–H groups in total. The summed E-state index contributed by atoms with van der Waals surface area (Å²) >= 11 is 0. The normalized spacial score (nSPS) is 14.7. The Morgan fingerprint density at radius 3 is 2.73 bits per heavy atom. The van der Waals surface area contributed by atoms with Gasteiger partial charge in [0.05, 0.1) is 12.6 Å². The third kappa shape index (κ3) is 2.53. The van der Waals surface area contributed by atoms with Crippen LogP contribution < -0.4 is 0 Å². The van der Waals surface area contributed by atoms with E-state index in [0.717, 1.165) is 0 Å². The van der Waals surface area contributed by atoms with Crippen LogP contribution in [-0.2, 0) is 4.79 Å². The predicted molar refractivity (Wildman–Crippen MR) is 54.1 cm³/mol. The van der Waals surface area contributed by atoms with E-state index in [1.54, 1.807) is 20.9 Å². The molecule has 6 heteroatoms. The summed E-state index contributed by atoms with van der Waals surface area (Å²) in [6.45, 7) is 3.48. The lowest BCUT2D eigenvalue weighted by molar-refractivity contribution is -0.135. The summed E-state index contributed by atoms with van der Waals surface area (Å²) in [4.78, 5) is 17.2. The number of carbonyl (C=O) groups is 1. The van der Waals surface area contributed by atoms with Crippen molar-refractivity contribution in [3.63, 3.8) is 0 Å². The molecule has 0 aliphatic carbocycles. The molecule has 0 radical (unpaired) electrons. The molecule has 2 unspecified atom stereocenters. The molecule has 15 heavy (non-hydrogen) atoms. The Morgan fingerprint density at radius 2 is 2.27 bits per heavy atom. The van der Waals surface area contributed by atoms with E-state index < -0.39 is 6.04 Å². The Morgan fingerprint density at radius 1 is 1.60 bits per heavy atom. The van der Waals surface area contributed by atoms with Gasteiger partial charge in [-0.1, -0.05) is 0 Å². The Labute approximate surface area is 88.5 Å². The summed E-state index contributed by atoms with van der Waals surface area (Å²) in [7, 11) is 1.66. The standard InChI is InChI=1S/C9H16N4O2/c1-7(4-14)12(3)9(15)8(2)13-6-10-5-11-13/h5-8,14H,4H2,1-3H3. The van der Waals surface area contributed by atoms with Crippen molar-refractivity contribution in [1.29, 1.82) is 0 Å². The van der Waals surface area contributed by atoms with Crippen molar-refractivity contribution in [2.45, 2.75) is 25.9 Å². The largest absolute Gasteiger partial charge is 0.394 e. The molecule has 0 saturated carbocycles. The highest BCUT2D eigenvalue weighted by atomic mass is 16.3. The molecule has 1 rings (SSSR count). The van der Waals surface area contributed by atoms with Crippen LogP contribution >= 0.6 is 0 Å². The Balaban J connectivity index is 2.68. The fourth-order valence-electron chi connectivity index (χ4n) is 1.16. The second-order valence-corrected chi connectivity index (χ2v) is 3.53. The van der Waals surface area contributed by atoms with E-state index in [-0.39, 0.29) is 18.6 Å². The van der Waals surface area contributed by atoms with Gasteiger partial charge in [-0.15, -0.1) is 0 Å². The number of nitrogens with zero attached hydrogens (tertiary/aromatic N) is 4. The van der Waals surface area contributed by atoms with Gasteiger partial charge in [-0.25, -0.2) is 9.67 Å². The number of carbonyl (C=O) groups excluding carboxylic acids is 1. The molecule has 1 heterocycles. The second kappa shape index (κ2) is 4.88. The van der Waals surface area contributed by atoms with Gasteiger partial charge in [0.25, 0.3) is 0 Å². The summed E-state index contributed by atoms with van der Waals surface area (Å²) < 4.78 is 1.49. The van der Waals surface area contributed by atoms with Crippen LogP contribution in [0.25, 0.3) is 0 Å². The van der Waals surface area contributed by atoms with Crippen molar-refractivity contribution in [1.82, 2.24) is 19.7 Å². The van der Waals surface area contributed by atoms with Gasteiger partial charge in [0, 0.05) is 7.05 Å². The molecule has 2 atom stereocenters. The Bertz CT molecular complexity index is 312. The lowest BCUT2D eigenvalue weighted by Gasteiger charge is -2.26. The van der Waals surface area contributed by atoms with Crippen molar-refractivity contribution in [2.75, 3.05) is 13.7 Å². The van der Waals surface area contributed by atoms with E-state index in [9.17, 15) is 4.79 Å². The summed E-state index contributed by atoms with van der Waals surface area (Å²) in [5, 5.41) is 12.8. The number of likely N-dealkylation sites (N-methyl/N-ethyl adjacent to an activating group) is 1. The lowest BCUT2D eigenvalue weighted by Crippen LogP contribution is -2.41. The van der Waals surface area contributed by atoms with Crippen molar-refractivity contribution in [2.24, 2.45) is 0 Å². The molecular weight excluding hydrogens is 196 g/mol. The highest BCUT2D eigenvalue weighted by Gasteiger charge is 2.22. The van der Waals surface area contributed by atoms with Gasteiger partial charge in [0.1, 0.15) is 18.7 Å². The highest BCUT2D eigenvalue weighted by molar-refractivity contribution is 5.79. The second-order valence-electron chi connectivity index (χ2n) is 3.53. The Kier molecular flexibility index (Phi) is 3.79. The third-order valence-electron chi connectivity index (χ3n) is 2.46. The van der Waals surface area contributed by atoms with Crippen LogP contribution in [0.2, 0.25) is 0 Å². The van der Waals surface area contributed by atoms with Crippen LogP contribution in [0.15, 0.2) is 12.7 Å². The van der Waals surface area contributed by atoms with Crippen molar-refractivity contribution in [3.05, 3.63) is 12.7 Å². The zero-order valence-electron chi connectivity index (χ0n) is 9.16. The van der Waals surface area contributed by atoms with Crippen molar-refractivity contribution < 1.29 is 9.90 Å². The topological polar surface area (TPSA) is 71.2 Å². The number of aliphatic hydroxyl groups is 1. The molecule has 1 amide bonds. The molecule has 0 saturated heterocycles. The minimum absolute atomic E-state index is 0.0493. The van der Waals surface area contributed by atoms with E-state index in [0.29, 0.717) is 0 Å². The molecule has 6 nitrogen and oxygen atoms in total. The number of aromatic nitrogens is 3. The average molecular weight is 212 g/mol. The molecule has 0 aromatic carbocycles. The summed E-state index contributed by atoms with van der Waals surface area (Å²) in [6, 6.07) is -0.588. The van der Waals surface area contributed by atoms with Gasteiger partial charge in [0.15, 0.2) is 0 Å². The van der Waals surface area contributed by atoms with Gasteiger partial charge < -0.3 is 10.0 Å². The minimum atomic E-state index is -0.397. The average Bonchev–Trinajstić information content (AvgIpc) is 2.78. The molecule has 1 aromatic heterocycles. The molecule has 0 fully saturated rings.